The summed E-state index contributed by atoms with van der Waals surface area (Å²) in [6.07, 6.45) is 4.13. The third-order valence-corrected chi connectivity index (χ3v) is 2.01. The molecule has 0 saturated heterocycles. The molecular formula is C15H22O. The average Bonchev–Trinajstić information content (AvgIpc) is 2.31. The van der Waals surface area contributed by atoms with Gasteiger partial charge in [0, 0.05) is 0 Å². The van der Waals surface area contributed by atoms with E-state index in [-0.39, 0.29) is 0 Å². The molecule has 0 amide bonds. The molecule has 0 heterocycles. The molecule has 0 fully saturated rings. The molecule has 0 radical (unpaired) electrons. The van der Waals surface area contributed by atoms with Crippen LogP contribution in [0.3, 0.4) is 0 Å². The molecule has 16 heavy (non-hydrogen) atoms. The monoisotopic (exact) mass is 218 g/mol. The summed E-state index contributed by atoms with van der Waals surface area (Å²) >= 11 is 0. The van der Waals surface area contributed by atoms with E-state index in [1.165, 1.54) is 10.4 Å². The average molecular weight is 218 g/mol. The van der Waals surface area contributed by atoms with Crippen molar-refractivity contribution < 1.29 is 4.74 Å². The van der Waals surface area contributed by atoms with Gasteiger partial charge in [-0.2, -0.15) is 0 Å². The fourth-order valence-electron chi connectivity index (χ4n) is 1.33. The molecule has 0 atom stereocenters. The van der Waals surface area contributed by atoms with Crippen molar-refractivity contribution in [2.75, 3.05) is 7.11 Å². The Hall–Kier alpha value is -1.50. The van der Waals surface area contributed by atoms with Crippen LogP contribution in [0.1, 0.15) is 27.7 Å². The van der Waals surface area contributed by atoms with Crippen LogP contribution in [0.5, 0.6) is 5.75 Å². The largest absolute Gasteiger partial charge is 0.497 e. The van der Waals surface area contributed by atoms with Gasteiger partial charge >= 0.3 is 0 Å². The van der Waals surface area contributed by atoms with E-state index in [4.69, 9.17) is 4.74 Å². The smallest absolute Gasteiger partial charge is 0.119 e. The summed E-state index contributed by atoms with van der Waals surface area (Å²) in [7, 11) is 1.68. The summed E-state index contributed by atoms with van der Waals surface area (Å²) in [5.41, 5.74) is 1.05. The lowest BCUT2D eigenvalue weighted by Gasteiger charge is -1.99. The highest BCUT2D eigenvalue weighted by Gasteiger charge is 1.90. The molecule has 0 aromatic heterocycles. The number of benzene rings is 1. The van der Waals surface area contributed by atoms with Crippen molar-refractivity contribution in [2.45, 2.75) is 27.7 Å². The minimum atomic E-state index is 0.886. The number of hydrogen-bond donors (Lipinski definition) is 0. The maximum Gasteiger partial charge on any atom is 0.119 e. The van der Waals surface area contributed by atoms with Crippen molar-refractivity contribution in [3.8, 4) is 5.75 Å². The Bertz CT molecular complexity index is 441. The second-order valence-corrected chi connectivity index (χ2v) is 3.27. The van der Waals surface area contributed by atoms with Crippen LogP contribution in [0.2, 0.25) is 0 Å². The molecule has 0 aliphatic rings. The zero-order valence-corrected chi connectivity index (χ0v) is 11.0. The number of hydrogen-bond acceptors (Lipinski definition) is 1. The lowest BCUT2D eigenvalue weighted by molar-refractivity contribution is 0.414. The summed E-state index contributed by atoms with van der Waals surface area (Å²) in [6.45, 7) is 11.9. The van der Waals surface area contributed by atoms with Crippen LogP contribution >= 0.6 is 0 Å². The molecule has 0 unspecified atom stereocenters. The Morgan fingerprint density at radius 2 is 1.88 bits per heavy atom. The zero-order chi connectivity index (χ0) is 12.6. The van der Waals surface area contributed by atoms with Gasteiger partial charge in [-0.3, -0.25) is 0 Å². The third kappa shape index (κ3) is 4.35. The topological polar surface area (TPSA) is 9.23 Å². The highest BCUT2D eigenvalue weighted by molar-refractivity contribution is 5.46. The van der Waals surface area contributed by atoms with Gasteiger partial charge in [0.2, 0.25) is 0 Å². The molecule has 0 aliphatic heterocycles. The zero-order valence-electron chi connectivity index (χ0n) is 11.0. The van der Waals surface area contributed by atoms with Crippen molar-refractivity contribution in [2.24, 2.45) is 0 Å². The second-order valence-electron chi connectivity index (χ2n) is 3.27. The van der Waals surface area contributed by atoms with Gasteiger partial charge in [-0.05, 0) is 36.4 Å². The van der Waals surface area contributed by atoms with E-state index in [9.17, 15) is 0 Å². The molecule has 1 aromatic carbocycles. The minimum absolute atomic E-state index is 0.886. The van der Waals surface area contributed by atoms with Gasteiger partial charge < -0.3 is 4.74 Å². The van der Waals surface area contributed by atoms with Gasteiger partial charge in [-0.15, -0.1) is 0 Å². The second kappa shape index (κ2) is 7.75. The first kappa shape index (κ1) is 14.5. The number of methoxy groups -OCH3 is 1. The van der Waals surface area contributed by atoms with E-state index >= 15 is 0 Å². The van der Waals surface area contributed by atoms with Crippen LogP contribution in [-0.4, -0.2) is 7.11 Å². The Balaban J connectivity index is 0.00000106. The Labute approximate surface area is 98.8 Å². The van der Waals surface area contributed by atoms with Crippen molar-refractivity contribution in [3.63, 3.8) is 0 Å². The fourth-order valence-corrected chi connectivity index (χ4v) is 1.33. The van der Waals surface area contributed by atoms with Gasteiger partial charge in [0.05, 0.1) is 7.11 Å². The van der Waals surface area contributed by atoms with E-state index in [0.717, 1.165) is 11.3 Å². The minimum Gasteiger partial charge on any atom is -0.497 e. The van der Waals surface area contributed by atoms with Crippen molar-refractivity contribution >= 4 is 12.2 Å². The van der Waals surface area contributed by atoms with Crippen LogP contribution in [0.15, 0.2) is 30.4 Å². The van der Waals surface area contributed by atoms with Gasteiger partial charge in [0.15, 0.2) is 0 Å². The van der Waals surface area contributed by atoms with Gasteiger partial charge in [0.25, 0.3) is 0 Å². The van der Waals surface area contributed by atoms with Gasteiger partial charge in [0.1, 0.15) is 5.75 Å². The molecule has 1 nitrogen and oxygen atoms in total. The fraction of sp³-hybridized carbons (Fsp3) is 0.333. The SMILES string of the molecule is C=C(C)/C=c1/ccc(OC)c/c1=C/C.CC. The lowest BCUT2D eigenvalue weighted by Crippen LogP contribution is -2.23. The van der Waals surface area contributed by atoms with Crippen molar-refractivity contribution in [1.82, 2.24) is 0 Å². The first-order chi connectivity index (χ1) is 7.67. The maximum absolute atomic E-state index is 5.16. The maximum atomic E-state index is 5.16. The lowest BCUT2D eigenvalue weighted by atomic mass is 10.2. The van der Waals surface area contributed by atoms with Gasteiger partial charge in [-0.25, -0.2) is 0 Å². The summed E-state index contributed by atoms with van der Waals surface area (Å²) in [4.78, 5) is 0. The quantitative estimate of drug-likeness (QED) is 0.741. The van der Waals surface area contributed by atoms with Crippen LogP contribution in [0.4, 0.5) is 0 Å². The summed E-state index contributed by atoms with van der Waals surface area (Å²) in [5, 5.41) is 2.35. The van der Waals surface area contributed by atoms with E-state index in [0.29, 0.717) is 0 Å². The van der Waals surface area contributed by atoms with Crippen LogP contribution in [-0.2, 0) is 0 Å². The first-order valence-corrected chi connectivity index (χ1v) is 5.65. The Morgan fingerprint density at radius 1 is 1.25 bits per heavy atom. The normalized spacial score (nSPS) is 11.8. The summed E-state index contributed by atoms with van der Waals surface area (Å²) in [6, 6.07) is 6.03. The molecule has 1 heteroatoms. The molecule has 0 aliphatic carbocycles. The van der Waals surface area contributed by atoms with Crippen LogP contribution in [0, 0.1) is 0 Å². The van der Waals surface area contributed by atoms with Crippen LogP contribution in [0.25, 0.3) is 12.2 Å². The molecular weight excluding hydrogens is 196 g/mol. The standard InChI is InChI=1S/C13H16O.C2H6/c1-5-11-9-13(14-4)7-6-12(11)8-10(2)3;1-2/h5-9H,2H2,1,3-4H3;1-2H3/b11-5-,12-8-;. The molecule has 1 rings (SSSR count). The predicted molar refractivity (Wildman–Crippen MR) is 73.0 cm³/mol. The molecule has 0 bridgehead atoms. The van der Waals surface area contributed by atoms with E-state index in [1.54, 1.807) is 7.11 Å². The molecule has 0 N–H and O–H groups in total. The highest BCUT2D eigenvalue weighted by Crippen LogP contribution is 2.01. The summed E-state index contributed by atoms with van der Waals surface area (Å²) < 4.78 is 5.16. The molecule has 0 saturated carbocycles. The van der Waals surface area contributed by atoms with E-state index < -0.39 is 0 Å². The van der Waals surface area contributed by atoms with Crippen molar-refractivity contribution in [3.05, 3.63) is 40.8 Å². The number of ether oxygens (including phenoxy) is 1. The van der Waals surface area contributed by atoms with Crippen molar-refractivity contribution in [1.29, 1.82) is 0 Å². The van der Waals surface area contributed by atoms with Crippen LogP contribution < -0.4 is 15.2 Å². The first-order valence-electron chi connectivity index (χ1n) is 5.65. The van der Waals surface area contributed by atoms with E-state index in [2.05, 4.69) is 18.7 Å². The molecule has 1 aromatic rings. The van der Waals surface area contributed by atoms with E-state index in [1.807, 2.05) is 45.9 Å². The van der Waals surface area contributed by atoms with Gasteiger partial charge in [-0.1, -0.05) is 44.2 Å². The highest BCUT2D eigenvalue weighted by atomic mass is 16.5. The third-order valence-electron chi connectivity index (χ3n) is 2.01. The number of rotatable bonds is 2. The number of allylic oxidation sites excluding steroid dienone is 1. The molecule has 88 valence electrons. The molecule has 0 spiro atoms. The predicted octanol–water partition coefficient (Wildman–Crippen LogP) is 2.88. The Morgan fingerprint density at radius 3 is 2.31 bits per heavy atom. The summed E-state index contributed by atoms with van der Waals surface area (Å²) in [5.74, 6) is 0.886. The Kier molecular flexibility index (Phi) is 7.02.